The maximum atomic E-state index is 12.7. The van der Waals surface area contributed by atoms with Crippen LogP contribution in [0.15, 0.2) is 24.3 Å². The Morgan fingerprint density at radius 2 is 2.08 bits per heavy atom. The Kier molecular flexibility index (Phi) is 5.15. The van der Waals surface area contributed by atoms with Crippen molar-refractivity contribution in [2.75, 3.05) is 13.7 Å². The van der Waals surface area contributed by atoms with Gasteiger partial charge in [-0.05, 0) is 30.9 Å². The highest BCUT2D eigenvalue weighted by molar-refractivity contribution is 5.99. The molecule has 1 aromatic carbocycles. The van der Waals surface area contributed by atoms with Crippen LogP contribution >= 0.6 is 0 Å². The van der Waals surface area contributed by atoms with E-state index in [9.17, 15) is 14.4 Å². The fraction of sp³-hybridized carbons (Fsp3) is 0.526. The van der Waals surface area contributed by atoms with Crippen molar-refractivity contribution in [3.8, 4) is 5.75 Å². The first-order chi connectivity index (χ1) is 12.4. The summed E-state index contributed by atoms with van der Waals surface area (Å²) in [4.78, 5) is 39.2. The molecular weight excluding hydrogens is 334 g/mol. The minimum absolute atomic E-state index is 0.0580. The van der Waals surface area contributed by atoms with Gasteiger partial charge in [0.15, 0.2) is 0 Å². The first kappa shape index (κ1) is 18.2. The Bertz CT molecular complexity index is 718. The largest absolute Gasteiger partial charge is 0.496 e. The van der Waals surface area contributed by atoms with Gasteiger partial charge in [-0.3, -0.25) is 14.4 Å². The Morgan fingerprint density at radius 1 is 1.35 bits per heavy atom. The third kappa shape index (κ3) is 3.52. The molecule has 26 heavy (non-hydrogen) atoms. The first-order valence-electron chi connectivity index (χ1n) is 8.95. The molecular formula is C19H25N3O4. The smallest absolute Gasteiger partial charge is 0.255 e. The normalized spacial score (nSPS) is 25.1. The van der Waals surface area contributed by atoms with Crippen LogP contribution in [-0.2, 0) is 9.59 Å². The average molecular weight is 359 g/mol. The summed E-state index contributed by atoms with van der Waals surface area (Å²) in [5.41, 5.74) is 0.438. The Morgan fingerprint density at radius 3 is 2.77 bits per heavy atom. The fourth-order valence-corrected chi connectivity index (χ4v) is 3.69. The summed E-state index contributed by atoms with van der Waals surface area (Å²) in [5, 5.41) is 5.76. The predicted molar refractivity (Wildman–Crippen MR) is 95.8 cm³/mol. The van der Waals surface area contributed by atoms with Gasteiger partial charge in [0.1, 0.15) is 17.8 Å². The third-order valence-electron chi connectivity index (χ3n) is 4.90. The lowest BCUT2D eigenvalue weighted by Gasteiger charge is -2.35. The molecule has 2 aliphatic heterocycles. The van der Waals surface area contributed by atoms with Crippen molar-refractivity contribution in [2.24, 2.45) is 5.92 Å². The minimum Gasteiger partial charge on any atom is -0.496 e. The summed E-state index contributed by atoms with van der Waals surface area (Å²) in [5.74, 6) is 0.344. The van der Waals surface area contributed by atoms with Crippen molar-refractivity contribution in [3.05, 3.63) is 29.8 Å². The number of nitrogens with one attached hydrogen (secondary N) is 2. The maximum absolute atomic E-state index is 12.7. The summed E-state index contributed by atoms with van der Waals surface area (Å²) < 4.78 is 5.22. The molecule has 0 radical (unpaired) electrons. The SMILES string of the molecule is COc1ccccc1C(=O)N[C@H]1C[C@H]2C(=O)N[C@@H](CC(C)C)C(=O)N2C1. The van der Waals surface area contributed by atoms with Crippen molar-refractivity contribution in [1.29, 1.82) is 0 Å². The molecule has 0 aliphatic carbocycles. The monoisotopic (exact) mass is 359 g/mol. The van der Waals surface area contributed by atoms with Crippen LogP contribution in [-0.4, -0.2) is 54.4 Å². The van der Waals surface area contributed by atoms with Crippen molar-refractivity contribution >= 4 is 17.7 Å². The number of para-hydroxylation sites is 1. The molecule has 0 bridgehead atoms. The Balaban J connectivity index is 1.69. The Labute approximate surface area is 153 Å². The highest BCUT2D eigenvalue weighted by atomic mass is 16.5. The third-order valence-corrected chi connectivity index (χ3v) is 4.90. The number of carbonyl (C=O) groups is 3. The van der Waals surface area contributed by atoms with Crippen LogP contribution in [0.25, 0.3) is 0 Å². The summed E-state index contributed by atoms with van der Waals surface area (Å²) in [6.07, 6.45) is 1.04. The van der Waals surface area contributed by atoms with Crippen LogP contribution in [0.1, 0.15) is 37.0 Å². The molecule has 0 aromatic heterocycles. The molecule has 3 atom stereocenters. The van der Waals surface area contributed by atoms with Crippen LogP contribution in [0.4, 0.5) is 0 Å². The molecule has 3 amide bonds. The number of rotatable bonds is 5. The van der Waals surface area contributed by atoms with E-state index in [0.717, 1.165) is 0 Å². The van der Waals surface area contributed by atoms with Gasteiger partial charge in [-0.15, -0.1) is 0 Å². The van der Waals surface area contributed by atoms with Crippen molar-refractivity contribution in [3.63, 3.8) is 0 Å². The predicted octanol–water partition coefficient (Wildman–Crippen LogP) is 0.939. The molecule has 1 aromatic rings. The van der Waals surface area contributed by atoms with Gasteiger partial charge in [-0.1, -0.05) is 26.0 Å². The highest BCUT2D eigenvalue weighted by Gasteiger charge is 2.46. The molecule has 7 heteroatoms. The van der Waals surface area contributed by atoms with Crippen molar-refractivity contribution in [1.82, 2.24) is 15.5 Å². The number of hydrogen-bond acceptors (Lipinski definition) is 4. The number of nitrogens with zero attached hydrogens (tertiary/aromatic N) is 1. The first-order valence-corrected chi connectivity index (χ1v) is 8.95. The second-order valence-corrected chi connectivity index (χ2v) is 7.30. The zero-order chi connectivity index (χ0) is 18.8. The molecule has 2 saturated heterocycles. The molecule has 2 aliphatic rings. The molecule has 140 valence electrons. The average Bonchev–Trinajstić information content (AvgIpc) is 3.03. The number of amides is 3. The Hall–Kier alpha value is -2.57. The van der Waals surface area contributed by atoms with Gasteiger partial charge in [0.05, 0.1) is 12.7 Å². The molecule has 2 fully saturated rings. The van der Waals surface area contributed by atoms with E-state index in [1.54, 1.807) is 29.2 Å². The summed E-state index contributed by atoms with van der Waals surface area (Å²) >= 11 is 0. The van der Waals surface area contributed by atoms with Gasteiger partial charge in [-0.2, -0.15) is 0 Å². The van der Waals surface area contributed by atoms with E-state index in [-0.39, 0.29) is 23.8 Å². The van der Waals surface area contributed by atoms with Gasteiger partial charge in [-0.25, -0.2) is 0 Å². The number of piperazine rings is 1. The summed E-state index contributed by atoms with van der Waals surface area (Å²) in [6, 6.07) is 5.74. The zero-order valence-electron chi connectivity index (χ0n) is 15.3. The van der Waals surface area contributed by atoms with E-state index in [4.69, 9.17) is 4.74 Å². The lowest BCUT2D eigenvalue weighted by molar-refractivity contribution is -0.147. The highest BCUT2D eigenvalue weighted by Crippen LogP contribution is 2.25. The van der Waals surface area contributed by atoms with Crippen LogP contribution in [0.5, 0.6) is 5.75 Å². The summed E-state index contributed by atoms with van der Waals surface area (Å²) in [6.45, 7) is 4.39. The molecule has 0 saturated carbocycles. The van der Waals surface area contributed by atoms with Crippen LogP contribution in [0.2, 0.25) is 0 Å². The molecule has 0 spiro atoms. The standard InChI is InChI=1S/C19H25N3O4/c1-11(2)8-14-19(25)22-10-12(9-15(22)18(24)21-14)20-17(23)13-6-4-5-7-16(13)26-3/h4-7,11-12,14-15H,8-10H2,1-3H3,(H,20,23)(H,21,24)/t12-,14-,15-/m0/s1. The second-order valence-electron chi connectivity index (χ2n) is 7.30. The van der Waals surface area contributed by atoms with E-state index in [1.165, 1.54) is 7.11 Å². The molecule has 2 heterocycles. The fourth-order valence-electron chi connectivity index (χ4n) is 3.69. The van der Waals surface area contributed by atoms with E-state index < -0.39 is 12.1 Å². The van der Waals surface area contributed by atoms with Crippen molar-refractivity contribution < 1.29 is 19.1 Å². The number of methoxy groups -OCH3 is 1. The molecule has 0 unspecified atom stereocenters. The van der Waals surface area contributed by atoms with E-state index >= 15 is 0 Å². The molecule has 7 nitrogen and oxygen atoms in total. The van der Waals surface area contributed by atoms with Gasteiger partial charge in [0, 0.05) is 12.6 Å². The molecule has 2 N–H and O–H groups in total. The van der Waals surface area contributed by atoms with E-state index in [1.807, 2.05) is 13.8 Å². The maximum Gasteiger partial charge on any atom is 0.255 e. The van der Waals surface area contributed by atoms with E-state index in [0.29, 0.717) is 36.6 Å². The van der Waals surface area contributed by atoms with Crippen LogP contribution in [0, 0.1) is 5.92 Å². The number of benzene rings is 1. The quantitative estimate of drug-likeness (QED) is 0.819. The number of hydrogen-bond donors (Lipinski definition) is 2. The van der Waals surface area contributed by atoms with Crippen molar-refractivity contribution in [2.45, 2.75) is 44.8 Å². The van der Waals surface area contributed by atoms with Gasteiger partial charge in [0.2, 0.25) is 11.8 Å². The minimum atomic E-state index is -0.506. The lowest BCUT2D eigenvalue weighted by atomic mass is 9.99. The second kappa shape index (κ2) is 7.35. The number of carbonyl (C=O) groups excluding carboxylic acids is 3. The lowest BCUT2D eigenvalue weighted by Crippen LogP contribution is -2.61. The van der Waals surface area contributed by atoms with Gasteiger partial charge >= 0.3 is 0 Å². The number of ether oxygens (including phenoxy) is 1. The van der Waals surface area contributed by atoms with Crippen LogP contribution < -0.4 is 15.4 Å². The summed E-state index contributed by atoms with van der Waals surface area (Å²) in [7, 11) is 1.51. The number of fused-ring (bicyclic) bond motifs is 1. The zero-order valence-corrected chi connectivity index (χ0v) is 15.3. The van der Waals surface area contributed by atoms with Gasteiger partial charge in [0.25, 0.3) is 5.91 Å². The van der Waals surface area contributed by atoms with Crippen LogP contribution in [0.3, 0.4) is 0 Å². The van der Waals surface area contributed by atoms with Gasteiger partial charge < -0.3 is 20.3 Å². The topological polar surface area (TPSA) is 87.7 Å². The van der Waals surface area contributed by atoms with E-state index in [2.05, 4.69) is 10.6 Å². The molecule has 3 rings (SSSR count).